The molecule has 0 bridgehead atoms. The molecule has 0 radical (unpaired) electrons. The van der Waals surface area contributed by atoms with E-state index in [0.717, 1.165) is 25.4 Å². The number of nitrogens with one attached hydrogen (secondary N) is 1. The molecule has 2 aliphatic heterocycles. The molecule has 1 N–H and O–H groups in total. The summed E-state index contributed by atoms with van der Waals surface area (Å²) in [6.07, 6.45) is 1.21. The number of ether oxygens (including phenoxy) is 2. The first kappa shape index (κ1) is 14.9. The Morgan fingerprint density at radius 1 is 1.33 bits per heavy atom. The van der Waals surface area contributed by atoms with Gasteiger partial charge in [0.2, 0.25) is 0 Å². The van der Waals surface area contributed by atoms with Gasteiger partial charge in [-0.3, -0.25) is 4.90 Å². The van der Waals surface area contributed by atoms with Gasteiger partial charge in [0.25, 0.3) is 0 Å². The molecular weight excluding hydrogens is 288 g/mol. The average molecular weight is 311 g/mol. The minimum atomic E-state index is 0.386. The predicted molar refractivity (Wildman–Crippen MR) is 84.5 cm³/mol. The lowest BCUT2D eigenvalue weighted by Crippen LogP contribution is -2.28. The molecule has 2 heterocycles. The number of hydrogen-bond acceptors (Lipinski definition) is 4. The third-order valence-corrected chi connectivity index (χ3v) is 4.67. The van der Waals surface area contributed by atoms with Crippen LogP contribution in [-0.4, -0.2) is 44.8 Å². The van der Waals surface area contributed by atoms with Crippen LogP contribution in [0.1, 0.15) is 24.9 Å². The van der Waals surface area contributed by atoms with Gasteiger partial charge < -0.3 is 14.8 Å². The van der Waals surface area contributed by atoms with Gasteiger partial charge in [-0.25, -0.2) is 0 Å². The van der Waals surface area contributed by atoms with E-state index in [0.29, 0.717) is 35.9 Å². The van der Waals surface area contributed by atoms with Gasteiger partial charge in [-0.15, -0.1) is 0 Å². The fraction of sp³-hybridized carbons (Fsp3) is 0.625. The zero-order valence-corrected chi connectivity index (χ0v) is 13.4. The van der Waals surface area contributed by atoms with Crippen LogP contribution in [0.3, 0.4) is 0 Å². The molecular formula is C16H23ClN2O2. The molecule has 2 aliphatic rings. The number of benzene rings is 1. The number of rotatable bonds is 4. The van der Waals surface area contributed by atoms with Crippen molar-refractivity contribution in [1.29, 1.82) is 0 Å². The van der Waals surface area contributed by atoms with Crippen molar-refractivity contribution in [3.05, 3.63) is 22.7 Å². The lowest BCUT2D eigenvalue weighted by Gasteiger charge is -2.28. The third kappa shape index (κ3) is 2.98. The van der Waals surface area contributed by atoms with Crippen molar-refractivity contribution >= 4 is 11.6 Å². The molecule has 116 valence electrons. The van der Waals surface area contributed by atoms with Gasteiger partial charge in [0.1, 0.15) is 13.2 Å². The summed E-state index contributed by atoms with van der Waals surface area (Å²) in [5.41, 5.74) is 1.23. The number of nitrogens with zero attached hydrogens (tertiary/aromatic N) is 1. The molecule has 0 saturated carbocycles. The Morgan fingerprint density at radius 3 is 2.95 bits per heavy atom. The molecule has 1 aromatic rings. The van der Waals surface area contributed by atoms with Crippen LogP contribution in [0.15, 0.2) is 12.1 Å². The molecule has 0 aliphatic carbocycles. The Morgan fingerprint density at radius 2 is 2.14 bits per heavy atom. The predicted octanol–water partition coefficient (Wildman–Crippen LogP) is 2.71. The monoisotopic (exact) mass is 310 g/mol. The van der Waals surface area contributed by atoms with E-state index in [1.54, 1.807) is 0 Å². The summed E-state index contributed by atoms with van der Waals surface area (Å²) >= 11 is 6.39. The fourth-order valence-electron chi connectivity index (χ4n) is 3.40. The SMILES string of the molecule is CCNCC1CCN(C)C1c1cc(Cl)c2c(c1)OCCO2. The second-order valence-electron chi connectivity index (χ2n) is 5.81. The van der Waals surface area contributed by atoms with Crippen molar-refractivity contribution < 1.29 is 9.47 Å². The van der Waals surface area contributed by atoms with Crippen LogP contribution in [0.25, 0.3) is 0 Å². The number of likely N-dealkylation sites (tertiary alicyclic amines) is 1. The molecule has 21 heavy (non-hydrogen) atoms. The summed E-state index contributed by atoms with van der Waals surface area (Å²) in [7, 11) is 2.18. The molecule has 1 aromatic carbocycles. The lowest BCUT2D eigenvalue weighted by molar-refractivity contribution is 0.170. The maximum atomic E-state index is 6.39. The van der Waals surface area contributed by atoms with Crippen molar-refractivity contribution in [3.8, 4) is 11.5 Å². The molecule has 4 nitrogen and oxygen atoms in total. The minimum Gasteiger partial charge on any atom is -0.486 e. The Hall–Kier alpha value is -0.970. The van der Waals surface area contributed by atoms with Crippen LogP contribution in [0, 0.1) is 5.92 Å². The quantitative estimate of drug-likeness (QED) is 0.927. The second kappa shape index (κ2) is 6.42. The van der Waals surface area contributed by atoms with Crippen LogP contribution in [0.5, 0.6) is 11.5 Å². The highest BCUT2D eigenvalue weighted by Crippen LogP contribution is 2.43. The first-order chi connectivity index (χ1) is 10.2. The molecule has 5 heteroatoms. The van der Waals surface area contributed by atoms with E-state index in [2.05, 4.69) is 30.3 Å². The summed E-state index contributed by atoms with van der Waals surface area (Å²) in [4.78, 5) is 2.41. The molecule has 1 saturated heterocycles. The minimum absolute atomic E-state index is 0.386. The average Bonchev–Trinajstić information content (AvgIpc) is 2.86. The van der Waals surface area contributed by atoms with Gasteiger partial charge in [-0.05, 0) is 56.7 Å². The Kier molecular flexibility index (Phi) is 4.57. The van der Waals surface area contributed by atoms with E-state index in [-0.39, 0.29) is 0 Å². The highest BCUT2D eigenvalue weighted by atomic mass is 35.5. The molecule has 2 unspecified atom stereocenters. The van der Waals surface area contributed by atoms with Gasteiger partial charge in [0.05, 0.1) is 5.02 Å². The molecule has 0 amide bonds. The fourth-order valence-corrected chi connectivity index (χ4v) is 3.67. The van der Waals surface area contributed by atoms with Crippen LogP contribution in [0.4, 0.5) is 0 Å². The van der Waals surface area contributed by atoms with Crippen molar-refractivity contribution in [2.45, 2.75) is 19.4 Å². The van der Waals surface area contributed by atoms with E-state index in [9.17, 15) is 0 Å². The summed E-state index contributed by atoms with van der Waals surface area (Å²) in [5.74, 6) is 2.08. The molecule has 0 spiro atoms. The zero-order chi connectivity index (χ0) is 14.8. The van der Waals surface area contributed by atoms with Gasteiger partial charge >= 0.3 is 0 Å². The van der Waals surface area contributed by atoms with Gasteiger partial charge in [0.15, 0.2) is 11.5 Å². The summed E-state index contributed by atoms with van der Waals surface area (Å²) < 4.78 is 11.3. The van der Waals surface area contributed by atoms with Gasteiger partial charge in [0, 0.05) is 6.04 Å². The maximum Gasteiger partial charge on any atom is 0.179 e. The van der Waals surface area contributed by atoms with E-state index >= 15 is 0 Å². The van der Waals surface area contributed by atoms with Crippen LogP contribution >= 0.6 is 11.6 Å². The maximum absolute atomic E-state index is 6.39. The summed E-state index contributed by atoms with van der Waals surface area (Å²) in [6, 6.07) is 4.53. The number of halogens is 1. The first-order valence-electron chi connectivity index (χ1n) is 7.70. The second-order valence-corrected chi connectivity index (χ2v) is 6.22. The van der Waals surface area contributed by atoms with E-state index in [1.807, 2.05) is 6.07 Å². The number of hydrogen-bond donors (Lipinski definition) is 1. The van der Waals surface area contributed by atoms with E-state index in [1.165, 1.54) is 12.0 Å². The molecule has 1 fully saturated rings. The van der Waals surface area contributed by atoms with E-state index in [4.69, 9.17) is 21.1 Å². The summed E-state index contributed by atoms with van der Waals surface area (Å²) in [6.45, 7) is 6.47. The molecule has 2 atom stereocenters. The lowest BCUT2D eigenvalue weighted by atomic mass is 9.93. The van der Waals surface area contributed by atoms with Crippen LogP contribution in [0.2, 0.25) is 5.02 Å². The highest BCUT2D eigenvalue weighted by Gasteiger charge is 2.34. The third-order valence-electron chi connectivity index (χ3n) is 4.39. The Balaban J connectivity index is 1.89. The highest BCUT2D eigenvalue weighted by molar-refractivity contribution is 6.32. The zero-order valence-electron chi connectivity index (χ0n) is 12.7. The van der Waals surface area contributed by atoms with Gasteiger partial charge in [-0.1, -0.05) is 18.5 Å². The standard InChI is InChI=1S/C16H23ClN2O2/c1-3-18-10-11-4-5-19(2)15(11)12-8-13(17)16-14(9-12)20-6-7-21-16/h8-9,11,15,18H,3-7,10H2,1-2H3. The van der Waals surface area contributed by atoms with Crippen molar-refractivity contribution in [2.75, 3.05) is 39.9 Å². The van der Waals surface area contributed by atoms with Crippen molar-refractivity contribution in [2.24, 2.45) is 5.92 Å². The Labute approximate surface area is 131 Å². The van der Waals surface area contributed by atoms with Gasteiger partial charge in [-0.2, -0.15) is 0 Å². The van der Waals surface area contributed by atoms with Crippen LogP contribution in [-0.2, 0) is 0 Å². The molecule has 0 aromatic heterocycles. The number of fused-ring (bicyclic) bond motifs is 1. The van der Waals surface area contributed by atoms with Crippen LogP contribution < -0.4 is 14.8 Å². The normalized spacial score (nSPS) is 25.3. The molecule has 3 rings (SSSR count). The van der Waals surface area contributed by atoms with Crippen molar-refractivity contribution in [1.82, 2.24) is 10.2 Å². The van der Waals surface area contributed by atoms with E-state index < -0.39 is 0 Å². The topological polar surface area (TPSA) is 33.7 Å². The Bertz CT molecular complexity index is 509. The summed E-state index contributed by atoms with van der Waals surface area (Å²) in [5, 5.41) is 4.13. The first-order valence-corrected chi connectivity index (χ1v) is 8.08. The smallest absolute Gasteiger partial charge is 0.179 e. The largest absolute Gasteiger partial charge is 0.486 e. The van der Waals surface area contributed by atoms with Crippen molar-refractivity contribution in [3.63, 3.8) is 0 Å².